The Morgan fingerprint density at radius 1 is 1.43 bits per heavy atom. The summed E-state index contributed by atoms with van der Waals surface area (Å²) in [6, 6.07) is 3.70. The molecule has 1 N–H and O–H groups in total. The molecule has 0 aliphatic rings. The second-order valence-corrected chi connectivity index (χ2v) is 5.41. The molecular formula is C16H27N3O2. The van der Waals surface area contributed by atoms with Crippen molar-refractivity contribution in [2.75, 3.05) is 20.2 Å². The van der Waals surface area contributed by atoms with E-state index in [2.05, 4.69) is 31.1 Å². The van der Waals surface area contributed by atoms with E-state index >= 15 is 0 Å². The van der Waals surface area contributed by atoms with E-state index in [1.807, 2.05) is 19.2 Å². The lowest BCUT2D eigenvalue weighted by Crippen LogP contribution is -2.39. The molecule has 118 valence electrons. The van der Waals surface area contributed by atoms with Crippen molar-refractivity contribution in [2.24, 2.45) is 5.92 Å². The van der Waals surface area contributed by atoms with Crippen LogP contribution in [0.1, 0.15) is 39.2 Å². The molecule has 0 aliphatic carbocycles. The summed E-state index contributed by atoms with van der Waals surface area (Å²) < 4.78 is 5.42. The number of rotatable bonds is 8. The Morgan fingerprint density at radius 2 is 2.19 bits per heavy atom. The number of carbonyl (C=O) groups excluding carboxylic acids is 1. The van der Waals surface area contributed by atoms with Crippen LogP contribution in [0, 0.1) is 5.92 Å². The van der Waals surface area contributed by atoms with Gasteiger partial charge in [-0.05, 0) is 17.9 Å². The van der Waals surface area contributed by atoms with Gasteiger partial charge in [-0.3, -0.25) is 0 Å². The van der Waals surface area contributed by atoms with E-state index < -0.39 is 0 Å². The van der Waals surface area contributed by atoms with E-state index in [0.717, 1.165) is 24.9 Å². The Balaban J connectivity index is 2.38. The summed E-state index contributed by atoms with van der Waals surface area (Å²) in [6.45, 7) is 8.24. The van der Waals surface area contributed by atoms with Gasteiger partial charge in [0.1, 0.15) is 0 Å². The summed E-state index contributed by atoms with van der Waals surface area (Å²) in [6.07, 6.45) is 3.77. The van der Waals surface area contributed by atoms with Crippen molar-refractivity contribution < 1.29 is 9.53 Å². The van der Waals surface area contributed by atoms with Crippen LogP contribution in [-0.2, 0) is 6.54 Å². The van der Waals surface area contributed by atoms with Crippen LogP contribution in [0.5, 0.6) is 5.88 Å². The number of ether oxygens (including phenoxy) is 1. The van der Waals surface area contributed by atoms with Crippen LogP contribution in [0.15, 0.2) is 18.3 Å². The third kappa shape index (κ3) is 6.47. The normalized spacial score (nSPS) is 11.8. The van der Waals surface area contributed by atoms with Crippen LogP contribution in [0.4, 0.5) is 4.79 Å². The molecule has 0 saturated heterocycles. The van der Waals surface area contributed by atoms with E-state index in [0.29, 0.717) is 24.9 Å². The van der Waals surface area contributed by atoms with Gasteiger partial charge in [0.25, 0.3) is 0 Å². The van der Waals surface area contributed by atoms with Crippen molar-refractivity contribution in [2.45, 2.75) is 40.2 Å². The highest BCUT2D eigenvalue weighted by molar-refractivity contribution is 5.73. The molecule has 1 rings (SSSR count). The van der Waals surface area contributed by atoms with Gasteiger partial charge in [0, 0.05) is 32.4 Å². The number of carbonyl (C=O) groups is 1. The number of urea groups is 1. The van der Waals surface area contributed by atoms with E-state index in [4.69, 9.17) is 4.74 Å². The van der Waals surface area contributed by atoms with Crippen molar-refractivity contribution in [3.8, 4) is 5.88 Å². The third-order valence-electron chi connectivity index (χ3n) is 3.32. The minimum absolute atomic E-state index is 0.0541. The van der Waals surface area contributed by atoms with Crippen molar-refractivity contribution in [1.82, 2.24) is 15.2 Å². The maximum absolute atomic E-state index is 11.9. The summed E-state index contributed by atoms with van der Waals surface area (Å²) in [4.78, 5) is 17.9. The molecule has 1 atom stereocenters. The molecule has 0 aliphatic heterocycles. The minimum Gasteiger partial charge on any atom is -0.478 e. The third-order valence-corrected chi connectivity index (χ3v) is 3.32. The Bertz CT molecular complexity index is 420. The molecule has 0 spiro atoms. The molecule has 1 aromatic heterocycles. The number of aromatic nitrogens is 1. The Labute approximate surface area is 127 Å². The van der Waals surface area contributed by atoms with Gasteiger partial charge in [-0.1, -0.05) is 33.3 Å². The zero-order valence-electron chi connectivity index (χ0n) is 13.6. The molecule has 0 fully saturated rings. The largest absolute Gasteiger partial charge is 0.478 e. The monoisotopic (exact) mass is 293 g/mol. The molecule has 1 unspecified atom stereocenters. The van der Waals surface area contributed by atoms with E-state index in [9.17, 15) is 4.79 Å². The van der Waals surface area contributed by atoms with Crippen LogP contribution in [0.25, 0.3) is 0 Å². The Hall–Kier alpha value is -1.78. The lowest BCUT2D eigenvalue weighted by atomic mass is 10.1. The molecule has 0 bridgehead atoms. The molecule has 0 radical (unpaired) electrons. The van der Waals surface area contributed by atoms with Crippen LogP contribution in [-0.4, -0.2) is 36.1 Å². The average molecular weight is 293 g/mol. The summed E-state index contributed by atoms with van der Waals surface area (Å²) in [5.41, 5.74) is 0.962. The maximum atomic E-state index is 11.9. The molecule has 0 saturated carbocycles. The molecule has 5 nitrogen and oxygen atoms in total. The van der Waals surface area contributed by atoms with E-state index in [1.165, 1.54) is 0 Å². The van der Waals surface area contributed by atoms with E-state index in [1.54, 1.807) is 11.1 Å². The number of pyridine rings is 1. The van der Waals surface area contributed by atoms with Crippen molar-refractivity contribution in [1.29, 1.82) is 0 Å². The van der Waals surface area contributed by atoms with E-state index in [-0.39, 0.29) is 6.03 Å². The summed E-state index contributed by atoms with van der Waals surface area (Å²) in [5.74, 6) is 1.14. The molecule has 1 aromatic rings. The van der Waals surface area contributed by atoms with Gasteiger partial charge in [-0.25, -0.2) is 9.78 Å². The molecule has 5 heteroatoms. The summed E-state index contributed by atoms with van der Waals surface area (Å²) in [5, 5.41) is 2.90. The molecule has 21 heavy (non-hydrogen) atoms. The second kappa shape index (κ2) is 9.21. The molecule has 2 amide bonds. The number of hydrogen-bond acceptors (Lipinski definition) is 3. The first-order chi connectivity index (χ1) is 10.1. The molecule has 0 aromatic carbocycles. The van der Waals surface area contributed by atoms with Gasteiger partial charge >= 0.3 is 6.03 Å². The van der Waals surface area contributed by atoms with Crippen LogP contribution in [0.2, 0.25) is 0 Å². The minimum atomic E-state index is -0.0541. The van der Waals surface area contributed by atoms with Crippen LogP contribution < -0.4 is 10.1 Å². The van der Waals surface area contributed by atoms with Crippen molar-refractivity contribution >= 4 is 6.03 Å². The van der Waals surface area contributed by atoms with Gasteiger partial charge in [-0.15, -0.1) is 0 Å². The highest BCUT2D eigenvalue weighted by Gasteiger charge is 2.10. The topological polar surface area (TPSA) is 54.5 Å². The fourth-order valence-corrected chi connectivity index (χ4v) is 1.80. The summed E-state index contributed by atoms with van der Waals surface area (Å²) in [7, 11) is 1.82. The first-order valence-corrected chi connectivity index (χ1v) is 7.63. The van der Waals surface area contributed by atoms with Crippen molar-refractivity contribution in [3.63, 3.8) is 0 Å². The number of hydrogen-bond donors (Lipinski definition) is 1. The van der Waals surface area contributed by atoms with Crippen LogP contribution in [0.3, 0.4) is 0 Å². The fourth-order valence-electron chi connectivity index (χ4n) is 1.80. The quantitative estimate of drug-likeness (QED) is 0.801. The second-order valence-electron chi connectivity index (χ2n) is 5.41. The predicted octanol–water partition coefficient (Wildman–Crippen LogP) is 3.06. The van der Waals surface area contributed by atoms with Gasteiger partial charge in [0.15, 0.2) is 0 Å². The number of amides is 2. The van der Waals surface area contributed by atoms with Gasteiger partial charge in [0.05, 0.1) is 6.61 Å². The fraction of sp³-hybridized carbons (Fsp3) is 0.625. The van der Waals surface area contributed by atoms with Gasteiger partial charge < -0.3 is 15.0 Å². The zero-order chi connectivity index (χ0) is 15.7. The van der Waals surface area contributed by atoms with Gasteiger partial charge in [-0.2, -0.15) is 0 Å². The van der Waals surface area contributed by atoms with Crippen molar-refractivity contribution in [3.05, 3.63) is 23.9 Å². The smallest absolute Gasteiger partial charge is 0.317 e. The predicted molar refractivity (Wildman–Crippen MR) is 84.3 cm³/mol. The number of nitrogens with zero attached hydrogens (tertiary/aromatic N) is 2. The Kier molecular flexibility index (Phi) is 7.58. The molecule has 1 heterocycles. The highest BCUT2D eigenvalue weighted by atomic mass is 16.5. The van der Waals surface area contributed by atoms with Gasteiger partial charge in [0.2, 0.25) is 5.88 Å². The first kappa shape index (κ1) is 17.3. The SMILES string of the molecule is CCCOc1ccc(CNC(=O)N(C)CC(C)CC)cn1. The maximum Gasteiger partial charge on any atom is 0.317 e. The highest BCUT2D eigenvalue weighted by Crippen LogP contribution is 2.08. The lowest BCUT2D eigenvalue weighted by molar-refractivity contribution is 0.201. The standard InChI is InChI=1S/C16H27N3O2/c1-5-9-21-15-8-7-14(10-17-15)11-18-16(20)19(4)12-13(3)6-2/h7-8,10,13H,5-6,9,11-12H2,1-4H3,(H,18,20). The Morgan fingerprint density at radius 3 is 2.76 bits per heavy atom. The molecular weight excluding hydrogens is 266 g/mol. The average Bonchev–Trinajstić information content (AvgIpc) is 2.51. The number of nitrogens with one attached hydrogen (secondary N) is 1. The van der Waals surface area contributed by atoms with Crippen LogP contribution >= 0.6 is 0 Å². The lowest BCUT2D eigenvalue weighted by Gasteiger charge is -2.21. The first-order valence-electron chi connectivity index (χ1n) is 7.63. The summed E-state index contributed by atoms with van der Waals surface area (Å²) >= 11 is 0. The zero-order valence-corrected chi connectivity index (χ0v) is 13.6.